The maximum atomic E-state index is 13.8. The maximum Gasteiger partial charge on any atom is 0.165 e. The number of rotatable bonds is 2. The minimum atomic E-state index is -0.589. The van der Waals surface area contributed by atoms with Gasteiger partial charge in [0.2, 0.25) is 0 Å². The Morgan fingerprint density at radius 1 is 1.18 bits per heavy atom. The summed E-state index contributed by atoms with van der Waals surface area (Å²) in [5, 5.41) is 0.485. The molecule has 2 rings (SSSR count). The molecule has 1 aromatic carbocycles. The number of methoxy groups -OCH3 is 1. The summed E-state index contributed by atoms with van der Waals surface area (Å²) in [4.78, 5) is 5.20. The summed E-state index contributed by atoms with van der Waals surface area (Å²) in [7, 11) is 1.30. The Hall–Kier alpha value is -1.49. The lowest BCUT2D eigenvalue weighted by atomic mass is 10.2. The fraction of sp³-hybridized carbons (Fsp3) is 0.250. The van der Waals surface area contributed by atoms with Crippen molar-refractivity contribution < 1.29 is 13.5 Å². The quantitative estimate of drug-likeness (QED) is 0.816. The van der Waals surface area contributed by atoms with Gasteiger partial charge >= 0.3 is 0 Å². The van der Waals surface area contributed by atoms with Gasteiger partial charge in [0, 0.05) is 16.5 Å². The van der Waals surface area contributed by atoms with Crippen molar-refractivity contribution >= 4 is 11.3 Å². The second-order valence-corrected chi connectivity index (χ2v) is 4.83. The summed E-state index contributed by atoms with van der Waals surface area (Å²) in [6.45, 7) is 3.74. The third-order valence-electron chi connectivity index (χ3n) is 2.50. The van der Waals surface area contributed by atoms with Crippen LogP contribution in [-0.2, 0) is 0 Å². The minimum absolute atomic E-state index is 0.101. The first-order valence-electron chi connectivity index (χ1n) is 5.00. The van der Waals surface area contributed by atoms with Crippen molar-refractivity contribution in [3.8, 4) is 16.3 Å². The molecule has 2 nitrogen and oxygen atoms in total. The molecule has 0 fully saturated rings. The van der Waals surface area contributed by atoms with Gasteiger partial charge in [0.25, 0.3) is 0 Å². The molecule has 0 unspecified atom stereocenters. The largest absolute Gasteiger partial charge is 0.494 e. The lowest BCUT2D eigenvalue weighted by molar-refractivity contribution is 0.383. The zero-order valence-electron chi connectivity index (χ0n) is 9.67. The third-order valence-corrected chi connectivity index (χ3v) is 3.61. The summed E-state index contributed by atoms with van der Waals surface area (Å²) in [5.41, 5.74) is 1.00. The number of benzene rings is 1. The van der Waals surface area contributed by atoms with Crippen LogP contribution in [0.15, 0.2) is 12.1 Å². The zero-order valence-corrected chi connectivity index (χ0v) is 10.5. The molecule has 0 amide bonds. The fourth-order valence-electron chi connectivity index (χ4n) is 1.44. The summed E-state index contributed by atoms with van der Waals surface area (Å²) in [5.74, 6) is -1.22. The molecule has 17 heavy (non-hydrogen) atoms. The van der Waals surface area contributed by atoms with E-state index in [4.69, 9.17) is 4.74 Å². The van der Waals surface area contributed by atoms with Crippen molar-refractivity contribution in [2.24, 2.45) is 0 Å². The van der Waals surface area contributed by atoms with Gasteiger partial charge in [-0.1, -0.05) is 0 Å². The van der Waals surface area contributed by atoms with Gasteiger partial charge in [-0.15, -0.1) is 11.3 Å². The highest BCUT2D eigenvalue weighted by Gasteiger charge is 2.15. The predicted octanol–water partition coefficient (Wildman–Crippen LogP) is 3.71. The van der Waals surface area contributed by atoms with E-state index >= 15 is 0 Å². The number of hydrogen-bond acceptors (Lipinski definition) is 3. The molecule has 0 saturated heterocycles. The lowest BCUT2D eigenvalue weighted by Crippen LogP contribution is -1.92. The zero-order chi connectivity index (χ0) is 12.6. The molecule has 0 aliphatic carbocycles. The molecule has 0 spiro atoms. The topological polar surface area (TPSA) is 22.1 Å². The number of nitrogens with zero attached hydrogens (tertiary/aromatic N) is 1. The van der Waals surface area contributed by atoms with Gasteiger partial charge in [-0.05, 0) is 19.9 Å². The molecule has 2 aromatic rings. The van der Waals surface area contributed by atoms with E-state index in [-0.39, 0.29) is 11.3 Å². The van der Waals surface area contributed by atoms with E-state index in [1.165, 1.54) is 18.4 Å². The van der Waals surface area contributed by atoms with Crippen molar-refractivity contribution in [3.63, 3.8) is 0 Å². The highest BCUT2D eigenvalue weighted by molar-refractivity contribution is 7.15. The Bertz CT molecular complexity index is 546. The number of aromatic nitrogens is 1. The van der Waals surface area contributed by atoms with E-state index < -0.39 is 11.6 Å². The van der Waals surface area contributed by atoms with Crippen molar-refractivity contribution in [1.82, 2.24) is 4.98 Å². The molecule has 0 saturated carbocycles. The second-order valence-electron chi connectivity index (χ2n) is 3.63. The molecule has 0 radical (unpaired) electrons. The molecule has 5 heteroatoms. The molecule has 0 atom stereocenters. The van der Waals surface area contributed by atoms with Gasteiger partial charge in [-0.2, -0.15) is 0 Å². The van der Waals surface area contributed by atoms with Crippen LogP contribution < -0.4 is 4.74 Å². The van der Waals surface area contributed by atoms with Gasteiger partial charge in [0.1, 0.15) is 10.8 Å². The van der Waals surface area contributed by atoms with Crippen LogP contribution in [0.25, 0.3) is 10.6 Å². The van der Waals surface area contributed by atoms with E-state index in [0.29, 0.717) is 5.01 Å². The Labute approximate surface area is 102 Å². The predicted molar refractivity (Wildman–Crippen MR) is 63.5 cm³/mol. The van der Waals surface area contributed by atoms with Gasteiger partial charge in [0.05, 0.1) is 12.8 Å². The summed E-state index contributed by atoms with van der Waals surface area (Å²) in [6, 6.07) is 2.16. The first-order valence-corrected chi connectivity index (χ1v) is 5.82. The van der Waals surface area contributed by atoms with Crippen molar-refractivity contribution in [2.45, 2.75) is 13.8 Å². The van der Waals surface area contributed by atoms with Crippen molar-refractivity contribution in [1.29, 1.82) is 0 Å². The first-order chi connectivity index (χ1) is 8.02. The standard InChI is InChI=1S/C12H11F2NOS/c1-6-7(2)17-12(15-6)8-4-10(14)11(16-3)5-9(8)13/h4-5H,1-3H3. The normalized spacial score (nSPS) is 10.6. The Morgan fingerprint density at radius 2 is 1.88 bits per heavy atom. The number of thiazole rings is 1. The van der Waals surface area contributed by atoms with Crippen molar-refractivity contribution in [3.05, 3.63) is 34.3 Å². The van der Waals surface area contributed by atoms with Crippen LogP contribution in [0.2, 0.25) is 0 Å². The van der Waals surface area contributed by atoms with Gasteiger partial charge in [-0.3, -0.25) is 0 Å². The van der Waals surface area contributed by atoms with Crippen molar-refractivity contribution in [2.75, 3.05) is 7.11 Å². The Balaban J connectivity index is 2.56. The van der Waals surface area contributed by atoms with Crippen LogP contribution in [0, 0.1) is 25.5 Å². The average molecular weight is 255 g/mol. The highest BCUT2D eigenvalue weighted by atomic mass is 32.1. The van der Waals surface area contributed by atoms with Crippen LogP contribution in [-0.4, -0.2) is 12.1 Å². The fourth-order valence-corrected chi connectivity index (χ4v) is 2.37. The molecule has 0 bridgehead atoms. The van der Waals surface area contributed by atoms with Crippen LogP contribution in [0.3, 0.4) is 0 Å². The number of halogens is 2. The average Bonchev–Trinajstić information content (AvgIpc) is 2.61. The van der Waals surface area contributed by atoms with Gasteiger partial charge in [-0.25, -0.2) is 13.8 Å². The van der Waals surface area contributed by atoms with E-state index in [1.54, 1.807) is 0 Å². The monoisotopic (exact) mass is 255 g/mol. The molecule has 1 heterocycles. The highest BCUT2D eigenvalue weighted by Crippen LogP contribution is 2.32. The van der Waals surface area contributed by atoms with Crippen LogP contribution in [0.4, 0.5) is 8.78 Å². The molecule has 1 aromatic heterocycles. The van der Waals surface area contributed by atoms with E-state index in [1.807, 2.05) is 13.8 Å². The van der Waals surface area contributed by atoms with Crippen LogP contribution >= 0.6 is 11.3 Å². The smallest absolute Gasteiger partial charge is 0.165 e. The van der Waals surface area contributed by atoms with Gasteiger partial charge < -0.3 is 4.74 Å². The van der Waals surface area contributed by atoms with E-state index in [9.17, 15) is 8.78 Å². The molecule has 0 aliphatic heterocycles. The Morgan fingerprint density at radius 3 is 2.41 bits per heavy atom. The Kier molecular flexibility index (Phi) is 3.11. The SMILES string of the molecule is COc1cc(F)c(-c2nc(C)c(C)s2)cc1F. The first kappa shape index (κ1) is 12.0. The summed E-state index contributed by atoms with van der Waals surface area (Å²) in [6.07, 6.45) is 0. The van der Waals surface area contributed by atoms with Gasteiger partial charge in [0.15, 0.2) is 11.6 Å². The molecular formula is C12H11F2NOS. The third kappa shape index (κ3) is 2.15. The minimum Gasteiger partial charge on any atom is -0.494 e. The molecule has 0 N–H and O–H groups in total. The summed E-state index contributed by atoms with van der Waals surface area (Å²) >= 11 is 1.35. The number of hydrogen-bond donors (Lipinski definition) is 0. The molecule has 90 valence electrons. The van der Waals surface area contributed by atoms with Crippen LogP contribution in [0.1, 0.15) is 10.6 Å². The number of ether oxygens (including phenoxy) is 1. The molecular weight excluding hydrogens is 244 g/mol. The van der Waals surface area contributed by atoms with E-state index in [2.05, 4.69) is 4.98 Å². The molecule has 0 aliphatic rings. The summed E-state index contributed by atoms with van der Waals surface area (Å²) < 4.78 is 32.0. The van der Waals surface area contributed by atoms with Crippen LogP contribution in [0.5, 0.6) is 5.75 Å². The van der Waals surface area contributed by atoms with E-state index in [0.717, 1.165) is 22.7 Å². The second kappa shape index (κ2) is 4.41. The lowest BCUT2D eigenvalue weighted by Gasteiger charge is -2.04. The number of aryl methyl sites for hydroxylation is 2. The maximum absolute atomic E-state index is 13.8.